The summed E-state index contributed by atoms with van der Waals surface area (Å²) in [7, 11) is 0. The van der Waals surface area contributed by atoms with E-state index in [0.717, 1.165) is 43.6 Å². The lowest BCUT2D eigenvalue weighted by molar-refractivity contribution is -0.137. The number of nitrogens with one attached hydrogen (secondary N) is 1. The lowest BCUT2D eigenvalue weighted by atomic mass is 9.82. The van der Waals surface area contributed by atoms with E-state index in [1.807, 2.05) is 6.92 Å². The molecule has 5 rings (SSSR count). The predicted octanol–water partition coefficient (Wildman–Crippen LogP) is 3.33. The summed E-state index contributed by atoms with van der Waals surface area (Å²) >= 11 is 0. The van der Waals surface area contributed by atoms with Crippen LogP contribution >= 0.6 is 0 Å². The predicted molar refractivity (Wildman–Crippen MR) is 133 cm³/mol. The van der Waals surface area contributed by atoms with Crippen LogP contribution in [0.1, 0.15) is 16.7 Å². The van der Waals surface area contributed by atoms with Crippen LogP contribution in [0.4, 0.5) is 24.5 Å². The van der Waals surface area contributed by atoms with Crippen molar-refractivity contribution in [3.05, 3.63) is 59.2 Å². The van der Waals surface area contributed by atoms with Crippen molar-refractivity contribution in [1.82, 2.24) is 10.2 Å². The van der Waals surface area contributed by atoms with E-state index in [9.17, 15) is 18.0 Å². The Balaban J connectivity index is 1.37. The molecule has 2 atom stereocenters. The highest BCUT2D eigenvalue weighted by Gasteiger charge is 2.42. The summed E-state index contributed by atoms with van der Waals surface area (Å²) in [6.07, 6.45) is -4.11. The van der Waals surface area contributed by atoms with E-state index in [0.29, 0.717) is 44.8 Å². The number of rotatable bonds is 5. The molecule has 0 radical (unpaired) electrons. The number of ether oxygens (including phenoxy) is 1. The summed E-state index contributed by atoms with van der Waals surface area (Å²) in [6.45, 7) is 8.40. The number of benzene rings is 2. The third kappa shape index (κ3) is 5.32. The average Bonchev–Trinajstić information content (AvgIpc) is 2.88. The molecule has 0 aliphatic carbocycles. The second-order valence-corrected chi connectivity index (χ2v) is 9.94. The van der Waals surface area contributed by atoms with Crippen LogP contribution in [0.2, 0.25) is 0 Å². The molecule has 6 nitrogen and oxygen atoms in total. The smallest absolute Gasteiger partial charge is 0.379 e. The maximum absolute atomic E-state index is 13.5. The second kappa shape index (κ2) is 10.3. The van der Waals surface area contributed by atoms with E-state index in [1.165, 1.54) is 11.6 Å². The number of nitrogens with zero attached hydrogens (tertiary/aromatic N) is 3. The number of anilines is 2. The first-order chi connectivity index (χ1) is 17.3. The molecule has 194 valence electrons. The highest BCUT2D eigenvalue weighted by molar-refractivity contribution is 5.82. The Hall–Kier alpha value is -2.78. The van der Waals surface area contributed by atoms with Gasteiger partial charge in [-0.1, -0.05) is 17.7 Å². The van der Waals surface area contributed by atoms with Gasteiger partial charge in [-0.3, -0.25) is 9.69 Å². The molecule has 2 fully saturated rings. The molecule has 36 heavy (non-hydrogen) atoms. The monoisotopic (exact) mass is 502 g/mol. The van der Waals surface area contributed by atoms with Crippen LogP contribution in [0.5, 0.6) is 0 Å². The van der Waals surface area contributed by atoms with Gasteiger partial charge in [0.05, 0.1) is 30.7 Å². The molecule has 2 saturated heterocycles. The molecular formula is C27H33F3N4O2. The molecule has 3 aliphatic rings. The number of halogens is 3. The first-order valence-corrected chi connectivity index (χ1v) is 12.7. The molecule has 3 heterocycles. The van der Waals surface area contributed by atoms with Gasteiger partial charge in [-0.2, -0.15) is 13.2 Å². The highest BCUT2D eigenvalue weighted by atomic mass is 19.4. The number of hydrogen-bond acceptors (Lipinski definition) is 5. The van der Waals surface area contributed by atoms with Crippen molar-refractivity contribution in [2.75, 3.05) is 68.8 Å². The largest absolute Gasteiger partial charge is 0.416 e. The van der Waals surface area contributed by atoms with Crippen LogP contribution in [0.15, 0.2) is 42.5 Å². The number of aryl methyl sites for hydroxylation is 1. The van der Waals surface area contributed by atoms with Crippen molar-refractivity contribution in [3.8, 4) is 0 Å². The van der Waals surface area contributed by atoms with E-state index in [4.69, 9.17) is 4.74 Å². The number of morpholine rings is 1. The van der Waals surface area contributed by atoms with Gasteiger partial charge in [0.15, 0.2) is 0 Å². The van der Waals surface area contributed by atoms with Gasteiger partial charge >= 0.3 is 6.18 Å². The minimum atomic E-state index is -4.41. The topological polar surface area (TPSA) is 48.0 Å². The molecule has 2 aromatic rings. The highest BCUT2D eigenvalue weighted by Crippen LogP contribution is 2.40. The van der Waals surface area contributed by atoms with Gasteiger partial charge in [-0.15, -0.1) is 0 Å². The van der Waals surface area contributed by atoms with Gasteiger partial charge in [0, 0.05) is 57.2 Å². The lowest BCUT2D eigenvalue weighted by Crippen LogP contribution is -2.61. The molecule has 2 aromatic carbocycles. The SMILES string of the molecule is Cc1ccc(N2CCN3c4ccc(C(F)(F)F)cc4CC(C(=O)NCCN4CCOCC4)C3C2)cc1. The molecule has 0 bridgehead atoms. The zero-order chi connectivity index (χ0) is 25.3. The van der Waals surface area contributed by atoms with E-state index < -0.39 is 17.7 Å². The number of hydrogen-bond donors (Lipinski definition) is 1. The number of fused-ring (bicyclic) bond motifs is 3. The maximum Gasteiger partial charge on any atom is 0.416 e. The van der Waals surface area contributed by atoms with Gasteiger partial charge < -0.3 is 19.9 Å². The fourth-order valence-corrected chi connectivity index (χ4v) is 5.58. The Morgan fingerprint density at radius 2 is 1.81 bits per heavy atom. The number of alkyl halides is 3. The number of amides is 1. The summed E-state index contributed by atoms with van der Waals surface area (Å²) in [5.41, 5.74) is 3.03. The van der Waals surface area contributed by atoms with Crippen molar-refractivity contribution in [2.24, 2.45) is 5.92 Å². The first-order valence-electron chi connectivity index (χ1n) is 12.7. The van der Waals surface area contributed by atoms with Crippen LogP contribution < -0.4 is 15.1 Å². The Morgan fingerprint density at radius 3 is 2.53 bits per heavy atom. The zero-order valence-corrected chi connectivity index (χ0v) is 20.6. The van der Waals surface area contributed by atoms with Crippen LogP contribution in [0, 0.1) is 12.8 Å². The summed E-state index contributed by atoms with van der Waals surface area (Å²) in [4.78, 5) is 20.1. The van der Waals surface area contributed by atoms with Crippen molar-refractivity contribution in [2.45, 2.75) is 25.6 Å². The lowest BCUT2D eigenvalue weighted by Gasteiger charge is -2.49. The van der Waals surface area contributed by atoms with E-state index in [2.05, 4.69) is 44.3 Å². The van der Waals surface area contributed by atoms with Gasteiger partial charge in [-0.05, 0) is 49.2 Å². The minimum absolute atomic E-state index is 0.0907. The molecule has 2 unspecified atom stereocenters. The number of carbonyl (C=O) groups is 1. The van der Waals surface area contributed by atoms with E-state index in [-0.39, 0.29) is 11.9 Å². The Kier molecular flexibility index (Phi) is 7.12. The fraction of sp³-hybridized carbons (Fsp3) is 0.519. The van der Waals surface area contributed by atoms with Crippen LogP contribution in [0.3, 0.4) is 0 Å². The molecule has 1 N–H and O–H groups in total. The Morgan fingerprint density at radius 1 is 1.06 bits per heavy atom. The summed E-state index contributed by atoms with van der Waals surface area (Å²) < 4.78 is 45.7. The van der Waals surface area contributed by atoms with E-state index in [1.54, 1.807) is 6.07 Å². The molecule has 0 aromatic heterocycles. The van der Waals surface area contributed by atoms with Crippen molar-refractivity contribution in [3.63, 3.8) is 0 Å². The van der Waals surface area contributed by atoms with E-state index >= 15 is 0 Å². The summed E-state index contributed by atoms with van der Waals surface area (Å²) in [5, 5.41) is 3.08. The molecule has 0 spiro atoms. The Bertz CT molecular complexity index is 1070. The molecule has 0 saturated carbocycles. The standard InChI is InChI=1S/C27H33F3N4O2/c1-19-2-5-22(6-3-19)33-10-11-34-24-7-4-21(27(28,29)30)16-20(24)17-23(25(34)18-33)26(35)31-8-9-32-12-14-36-15-13-32/h2-7,16,23,25H,8-15,17-18H2,1H3,(H,31,35). The zero-order valence-electron chi connectivity index (χ0n) is 20.6. The van der Waals surface area contributed by atoms with Gasteiger partial charge in [0.2, 0.25) is 5.91 Å². The van der Waals surface area contributed by atoms with Gasteiger partial charge in [0.25, 0.3) is 0 Å². The first kappa shape index (κ1) is 24.9. The van der Waals surface area contributed by atoms with Crippen LogP contribution in [-0.2, 0) is 22.1 Å². The summed E-state index contributed by atoms with van der Waals surface area (Å²) in [6, 6.07) is 12.2. The van der Waals surface area contributed by atoms with Crippen molar-refractivity contribution >= 4 is 17.3 Å². The molecule has 9 heteroatoms. The van der Waals surface area contributed by atoms with Gasteiger partial charge in [-0.25, -0.2) is 0 Å². The minimum Gasteiger partial charge on any atom is -0.379 e. The van der Waals surface area contributed by atoms with Crippen molar-refractivity contribution in [1.29, 1.82) is 0 Å². The third-order valence-corrected chi connectivity index (χ3v) is 7.61. The fourth-order valence-electron chi connectivity index (χ4n) is 5.58. The normalized spacial score (nSPS) is 22.7. The van der Waals surface area contributed by atoms with Crippen molar-refractivity contribution < 1.29 is 22.7 Å². The molecule has 3 aliphatic heterocycles. The summed E-state index contributed by atoms with van der Waals surface area (Å²) in [5.74, 6) is -0.522. The molecule has 1 amide bonds. The van der Waals surface area contributed by atoms with Crippen LogP contribution in [0.25, 0.3) is 0 Å². The third-order valence-electron chi connectivity index (χ3n) is 7.61. The number of carbonyl (C=O) groups excluding carboxylic acids is 1. The average molecular weight is 503 g/mol. The number of piperazine rings is 1. The Labute approximate surface area is 210 Å². The second-order valence-electron chi connectivity index (χ2n) is 9.94. The quantitative estimate of drug-likeness (QED) is 0.680. The van der Waals surface area contributed by atoms with Crippen LogP contribution in [-0.4, -0.2) is 75.9 Å². The maximum atomic E-state index is 13.5. The van der Waals surface area contributed by atoms with Gasteiger partial charge in [0.1, 0.15) is 0 Å². The molecular weight excluding hydrogens is 469 g/mol.